The molecule has 0 unspecified atom stereocenters. The minimum Gasteiger partial charge on any atom is -0.368 e. The van der Waals surface area contributed by atoms with Gasteiger partial charge in [0.1, 0.15) is 17.2 Å². The van der Waals surface area contributed by atoms with E-state index in [9.17, 15) is 0 Å². The first kappa shape index (κ1) is 15.7. The Morgan fingerprint density at radius 2 is 1.96 bits per heavy atom. The molecule has 1 aliphatic rings. The van der Waals surface area contributed by atoms with E-state index in [0.717, 1.165) is 23.8 Å². The van der Waals surface area contributed by atoms with E-state index in [1.807, 2.05) is 37.5 Å². The highest BCUT2D eigenvalue weighted by atomic mass is 16.5. The fraction of sp³-hybridized carbons (Fsp3) is 0.333. The van der Waals surface area contributed by atoms with Crippen LogP contribution in [0.2, 0.25) is 0 Å². The Morgan fingerprint density at radius 3 is 2.64 bits per heavy atom. The Labute approximate surface area is 146 Å². The van der Waals surface area contributed by atoms with Gasteiger partial charge in [0, 0.05) is 26.8 Å². The standard InChI is InChI=1S/C18H20N6O/c1-23-15(11-20-22-23)18(25-2)12-24(13-18)17-8-9-19-16(21-17)10-14-6-4-3-5-7-14/h3-9,11H,10,12-13H2,1-2H3. The van der Waals surface area contributed by atoms with E-state index in [1.54, 1.807) is 18.0 Å². The molecule has 1 aliphatic heterocycles. The number of hydrogen-bond donors (Lipinski definition) is 0. The van der Waals surface area contributed by atoms with E-state index in [-0.39, 0.29) is 5.60 Å². The zero-order valence-electron chi connectivity index (χ0n) is 14.3. The number of ether oxygens (including phenoxy) is 1. The molecule has 0 bridgehead atoms. The third kappa shape index (κ3) is 2.87. The second-order valence-corrected chi connectivity index (χ2v) is 6.29. The first-order chi connectivity index (χ1) is 12.2. The second kappa shape index (κ2) is 6.25. The highest BCUT2D eigenvalue weighted by molar-refractivity contribution is 5.45. The topological polar surface area (TPSA) is 69.0 Å². The number of aryl methyl sites for hydroxylation is 1. The molecule has 128 valence electrons. The minimum absolute atomic E-state index is 0.386. The van der Waals surface area contributed by atoms with Crippen molar-refractivity contribution in [2.45, 2.75) is 12.0 Å². The summed E-state index contributed by atoms with van der Waals surface area (Å²) in [5.74, 6) is 1.74. The summed E-state index contributed by atoms with van der Waals surface area (Å²) in [4.78, 5) is 11.3. The van der Waals surface area contributed by atoms with Crippen LogP contribution in [0.1, 0.15) is 17.1 Å². The number of aromatic nitrogens is 5. The lowest BCUT2D eigenvalue weighted by atomic mass is 9.90. The van der Waals surface area contributed by atoms with Crippen LogP contribution in [-0.4, -0.2) is 45.2 Å². The van der Waals surface area contributed by atoms with Crippen LogP contribution in [0.25, 0.3) is 0 Å². The third-order valence-corrected chi connectivity index (χ3v) is 4.68. The van der Waals surface area contributed by atoms with Gasteiger partial charge in [-0.1, -0.05) is 35.5 Å². The third-order valence-electron chi connectivity index (χ3n) is 4.68. The molecule has 3 aromatic rings. The molecule has 1 aromatic carbocycles. The maximum absolute atomic E-state index is 5.79. The molecule has 0 N–H and O–H groups in total. The van der Waals surface area contributed by atoms with E-state index in [2.05, 4.69) is 32.3 Å². The SMILES string of the molecule is COC1(c2cnnn2C)CN(c2ccnc(Cc3ccccc3)n2)C1. The van der Waals surface area contributed by atoms with Crippen LogP contribution < -0.4 is 4.90 Å². The highest BCUT2D eigenvalue weighted by Gasteiger charge is 2.47. The summed E-state index contributed by atoms with van der Waals surface area (Å²) in [6.07, 6.45) is 4.31. The zero-order chi connectivity index (χ0) is 17.3. The van der Waals surface area contributed by atoms with Crippen LogP contribution in [0.5, 0.6) is 0 Å². The molecule has 25 heavy (non-hydrogen) atoms. The van der Waals surface area contributed by atoms with Crippen molar-refractivity contribution in [2.24, 2.45) is 7.05 Å². The van der Waals surface area contributed by atoms with E-state index in [0.29, 0.717) is 13.1 Å². The Bertz CT molecular complexity index is 857. The van der Waals surface area contributed by atoms with E-state index in [1.165, 1.54) is 5.56 Å². The van der Waals surface area contributed by atoms with Crippen LogP contribution in [0.15, 0.2) is 48.8 Å². The molecule has 0 radical (unpaired) electrons. The van der Waals surface area contributed by atoms with E-state index >= 15 is 0 Å². The molecule has 2 aromatic heterocycles. The summed E-state index contributed by atoms with van der Waals surface area (Å²) in [7, 11) is 3.61. The Kier molecular flexibility index (Phi) is 3.93. The lowest BCUT2D eigenvalue weighted by Crippen LogP contribution is -2.61. The number of rotatable bonds is 5. The Morgan fingerprint density at radius 1 is 1.16 bits per heavy atom. The summed E-state index contributed by atoms with van der Waals surface area (Å²) < 4.78 is 7.56. The van der Waals surface area contributed by atoms with Gasteiger partial charge in [0.2, 0.25) is 0 Å². The molecule has 7 nitrogen and oxygen atoms in total. The van der Waals surface area contributed by atoms with Crippen LogP contribution in [-0.2, 0) is 23.8 Å². The van der Waals surface area contributed by atoms with Gasteiger partial charge in [0.05, 0.1) is 25.0 Å². The average Bonchev–Trinajstić information content (AvgIpc) is 3.02. The predicted octanol–water partition coefficient (Wildman–Crippen LogP) is 1.56. The molecular formula is C18H20N6O. The van der Waals surface area contributed by atoms with Gasteiger partial charge in [-0.25, -0.2) is 14.6 Å². The maximum atomic E-state index is 5.79. The molecule has 4 rings (SSSR count). The molecular weight excluding hydrogens is 316 g/mol. The largest absolute Gasteiger partial charge is 0.368 e. The summed E-state index contributed by atoms with van der Waals surface area (Å²) >= 11 is 0. The molecule has 3 heterocycles. The fourth-order valence-corrected chi connectivity index (χ4v) is 3.26. The van der Waals surface area contributed by atoms with Crippen LogP contribution in [0.4, 0.5) is 5.82 Å². The minimum atomic E-state index is -0.386. The van der Waals surface area contributed by atoms with Crippen molar-refractivity contribution in [1.29, 1.82) is 0 Å². The van der Waals surface area contributed by atoms with Gasteiger partial charge in [-0.05, 0) is 11.6 Å². The smallest absolute Gasteiger partial charge is 0.146 e. The second-order valence-electron chi connectivity index (χ2n) is 6.29. The van der Waals surface area contributed by atoms with Crippen molar-refractivity contribution in [3.05, 3.63) is 65.9 Å². The predicted molar refractivity (Wildman–Crippen MR) is 93.2 cm³/mol. The quantitative estimate of drug-likeness (QED) is 0.704. The molecule has 0 aliphatic carbocycles. The number of hydrogen-bond acceptors (Lipinski definition) is 6. The van der Waals surface area contributed by atoms with Gasteiger partial charge in [0.15, 0.2) is 0 Å². The van der Waals surface area contributed by atoms with Gasteiger partial charge in [-0.15, -0.1) is 5.10 Å². The lowest BCUT2D eigenvalue weighted by Gasteiger charge is -2.49. The molecule has 7 heteroatoms. The molecule has 1 saturated heterocycles. The number of nitrogens with zero attached hydrogens (tertiary/aromatic N) is 6. The number of benzene rings is 1. The summed E-state index contributed by atoms with van der Waals surface area (Å²) in [6, 6.07) is 12.2. The van der Waals surface area contributed by atoms with Gasteiger partial charge >= 0.3 is 0 Å². The lowest BCUT2D eigenvalue weighted by molar-refractivity contribution is -0.0448. The van der Waals surface area contributed by atoms with Crippen molar-refractivity contribution in [3.63, 3.8) is 0 Å². The normalized spacial score (nSPS) is 15.8. The monoisotopic (exact) mass is 336 g/mol. The fourth-order valence-electron chi connectivity index (χ4n) is 3.26. The molecule has 0 atom stereocenters. The molecule has 0 saturated carbocycles. The summed E-state index contributed by atoms with van der Waals surface area (Å²) in [5, 5.41) is 7.98. The first-order valence-electron chi connectivity index (χ1n) is 8.21. The highest BCUT2D eigenvalue weighted by Crippen LogP contribution is 2.36. The molecule has 0 spiro atoms. The van der Waals surface area contributed by atoms with Crippen LogP contribution in [0, 0.1) is 0 Å². The van der Waals surface area contributed by atoms with Crippen molar-refractivity contribution >= 4 is 5.82 Å². The van der Waals surface area contributed by atoms with Crippen molar-refractivity contribution in [3.8, 4) is 0 Å². The van der Waals surface area contributed by atoms with E-state index < -0.39 is 0 Å². The van der Waals surface area contributed by atoms with Crippen molar-refractivity contribution < 1.29 is 4.74 Å². The Balaban J connectivity index is 1.51. The first-order valence-corrected chi connectivity index (χ1v) is 8.21. The van der Waals surface area contributed by atoms with E-state index in [4.69, 9.17) is 9.72 Å². The Hall–Kier alpha value is -2.80. The average molecular weight is 336 g/mol. The van der Waals surface area contributed by atoms with Crippen molar-refractivity contribution in [2.75, 3.05) is 25.1 Å². The number of methoxy groups -OCH3 is 1. The molecule has 0 amide bonds. The maximum Gasteiger partial charge on any atom is 0.146 e. The van der Waals surface area contributed by atoms with Gasteiger partial charge in [0.25, 0.3) is 0 Å². The molecule has 1 fully saturated rings. The summed E-state index contributed by atoms with van der Waals surface area (Å²) in [6.45, 7) is 1.43. The van der Waals surface area contributed by atoms with Crippen LogP contribution in [0.3, 0.4) is 0 Å². The van der Waals surface area contributed by atoms with Crippen LogP contribution >= 0.6 is 0 Å². The van der Waals surface area contributed by atoms with Crippen molar-refractivity contribution in [1.82, 2.24) is 25.0 Å². The number of anilines is 1. The van der Waals surface area contributed by atoms with Gasteiger partial charge in [-0.3, -0.25) is 0 Å². The zero-order valence-corrected chi connectivity index (χ0v) is 14.3. The van der Waals surface area contributed by atoms with Gasteiger partial charge < -0.3 is 9.64 Å². The van der Waals surface area contributed by atoms with Gasteiger partial charge in [-0.2, -0.15) is 0 Å². The summed E-state index contributed by atoms with van der Waals surface area (Å²) in [5.41, 5.74) is 1.79.